The molecule has 2 rings (SSSR count). The maximum Gasteiger partial charge on any atom is 0.160 e. The van der Waals surface area contributed by atoms with Crippen molar-refractivity contribution in [2.24, 2.45) is 0 Å². The minimum absolute atomic E-state index is 0.170. The number of phenolic OH excluding ortho intramolecular Hbond substituents is 1. The average Bonchev–Trinajstić information content (AvgIpc) is 2.55. The van der Waals surface area contributed by atoms with E-state index in [0.29, 0.717) is 5.75 Å². The van der Waals surface area contributed by atoms with Gasteiger partial charge in [-0.05, 0) is 43.4 Å². The van der Waals surface area contributed by atoms with Crippen molar-refractivity contribution in [1.29, 1.82) is 0 Å². The summed E-state index contributed by atoms with van der Waals surface area (Å²) >= 11 is 0. The van der Waals surface area contributed by atoms with E-state index in [1.807, 2.05) is 24.4 Å². The number of hydrogen-bond donors (Lipinski definition) is 1. The molecule has 1 heterocycles. The first kappa shape index (κ1) is 17.2. The maximum atomic E-state index is 9.73. The van der Waals surface area contributed by atoms with Gasteiger partial charge in [0.25, 0.3) is 0 Å². The first-order chi connectivity index (χ1) is 11.1. The van der Waals surface area contributed by atoms with Crippen LogP contribution < -0.4 is 4.74 Å². The second-order valence-electron chi connectivity index (χ2n) is 5.88. The molecule has 0 atom stereocenters. The Labute approximate surface area is 138 Å². The van der Waals surface area contributed by atoms with Crippen LogP contribution in [-0.4, -0.2) is 54.2 Å². The molecule has 0 saturated heterocycles. The Morgan fingerprint density at radius 3 is 2.52 bits per heavy atom. The molecule has 1 N–H and O–H groups in total. The molecule has 0 fully saturated rings. The first-order valence-corrected chi connectivity index (χ1v) is 7.70. The van der Waals surface area contributed by atoms with Crippen LogP contribution in [0.1, 0.15) is 11.1 Å². The number of methoxy groups -OCH3 is 1. The molecule has 0 unspecified atom stereocenters. The number of nitrogens with zero attached hydrogens (tertiary/aromatic N) is 3. The number of rotatable bonds is 8. The molecule has 1 aromatic carbocycles. The van der Waals surface area contributed by atoms with E-state index in [4.69, 9.17) is 4.74 Å². The van der Waals surface area contributed by atoms with E-state index in [2.05, 4.69) is 34.9 Å². The number of aromatic hydroxyl groups is 1. The predicted octanol–water partition coefficient (Wildman–Crippen LogP) is 2.36. The molecule has 0 aliphatic carbocycles. The minimum Gasteiger partial charge on any atom is -0.504 e. The Balaban J connectivity index is 2.10. The zero-order chi connectivity index (χ0) is 16.7. The number of hydrogen-bond acceptors (Lipinski definition) is 5. The zero-order valence-electron chi connectivity index (χ0n) is 14.1. The number of phenols is 1. The Morgan fingerprint density at radius 1 is 1.09 bits per heavy atom. The van der Waals surface area contributed by atoms with Crippen LogP contribution in [-0.2, 0) is 13.1 Å². The van der Waals surface area contributed by atoms with E-state index in [0.717, 1.165) is 31.7 Å². The molecule has 0 saturated carbocycles. The van der Waals surface area contributed by atoms with Gasteiger partial charge in [0.15, 0.2) is 11.5 Å². The molecule has 0 bridgehead atoms. The lowest BCUT2D eigenvalue weighted by Crippen LogP contribution is -2.31. The standard InChI is InChI=1S/C18H25N3O2/c1-20(2)9-10-21(14-16-5-4-8-19-12-16)13-15-6-7-17(22)18(11-15)23-3/h4-8,11-12,22H,9-10,13-14H2,1-3H3. The van der Waals surface area contributed by atoms with Crippen molar-refractivity contribution in [3.63, 3.8) is 0 Å². The number of benzene rings is 1. The summed E-state index contributed by atoms with van der Waals surface area (Å²) in [7, 11) is 5.72. The lowest BCUT2D eigenvalue weighted by Gasteiger charge is -2.24. The Kier molecular flexibility index (Phi) is 6.38. The molecule has 2 aromatic rings. The molecule has 124 valence electrons. The van der Waals surface area contributed by atoms with Crippen molar-refractivity contribution in [2.75, 3.05) is 34.3 Å². The van der Waals surface area contributed by atoms with Crippen LogP contribution >= 0.6 is 0 Å². The van der Waals surface area contributed by atoms with Crippen molar-refractivity contribution in [3.05, 3.63) is 53.9 Å². The molecular formula is C18H25N3O2. The van der Waals surface area contributed by atoms with Crippen molar-refractivity contribution >= 4 is 0 Å². The van der Waals surface area contributed by atoms with Crippen molar-refractivity contribution < 1.29 is 9.84 Å². The molecule has 0 amide bonds. The number of pyridine rings is 1. The van der Waals surface area contributed by atoms with Crippen molar-refractivity contribution in [1.82, 2.24) is 14.8 Å². The molecule has 5 heteroatoms. The SMILES string of the molecule is COc1cc(CN(CCN(C)C)Cc2cccnc2)ccc1O. The van der Waals surface area contributed by atoms with E-state index < -0.39 is 0 Å². The summed E-state index contributed by atoms with van der Waals surface area (Å²) < 4.78 is 5.20. The Hall–Kier alpha value is -2.11. The van der Waals surface area contributed by atoms with Gasteiger partial charge >= 0.3 is 0 Å². The van der Waals surface area contributed by atoms with Crippen LogP contribution in [0.5, 0.6) is 11.5 Å². The fourth-order valence-corrected chi connectivity index (χ4v) is 2.38. The molecule has 0 radical (unpaired) electrons. The molecule has 0 spiro atoms. The lowest BCUT2D eigenvalue weighted by atomic mass is 10.1. The second kappa shape index (κ2) is 8.50. The van der Waals surface area contributed by atoms with E-state index in [-0.39, 0.29) is 5.75 Å². The van der Waals surface area contributed by atoms with Gasteiger partial charge in [-0.3, -0.25) is 9.88 Å². The first-order valence-electron chi connectivity index (χ1n) is 7.70. The van der Waals surface area contributed by atoms with Gasteiger partial charge in [-0.2, -0.15) is 0 Å². The highest BCUT2D eigenvalue weighted by atomic mass is 16.5. The summed E-state index contributed by atoms with van der Waals surface area (Å²) in [5, 5.41) is 9.73. The fourth-order valence-electron chi connectivity index (χ4n) is 2.38. The van der Waals surface area contributed by atoms with Gasteiger partial charge in [0.1, 0.15) is 0 Å². The molecule has 1 aromatic heterocycles. The monoisotopic (exact) mass is 315 g/mol. The molecular weight excluding hydrogens is 290 g/mol. The largest absolute Gasteiger partial charge is 0.504 e. The third-order valence-corrected chi connectivity index (χ3v) is 3.64. The maximum absolute atomic E-state index is 9.73. The molecule has 5 nitrogen and oxygen atoms in total. The highest BCUT2D eigenvalue weighted by Gasteiger charge is 2.10. The van der Waals surface area contributed by atoms with Gasteiger partial charge in [-0.1, -0.05) is 12.1 Å². The molecule has 0 aliphatic rings. The van der Waals surface area contributed by atoms with Gasteiger partial charge in [0.05, 0.1) is 7.11 Å². The summed E-state index contributed by atoms with van der Waals surface area (Å²) in [4.78, 5) is 8.73. The fraction of sp³-hybridized carbons (Fsp3) is 0.389. The highest BCUT2D eigenvalue weighted by molar-refractivity contribution is 5.41. The second-order valence-corrected chi connectivity index (χ2v) is 5.88. The van der Waals surface area contributed by atoms with Crippen LogP contribution in [0.3, 0.4) is 0 Å². The van der Waals surface area contributed by atoms with Crippen LogP contribution in [0.25, 0.3) is 0 Å². The quantitative estimate of drug-likeness (QED) is 0.810. The highest BCUT2D eigenvalue weighted by Crippen LogP contribution is 2.27. The van der Waals surface area contributed by atoms with E-state index in [1.54, 1.807) is 19.4 Å². The van der Waals surface area contributed by atoms with Gasteiger partial charge in [-0.25, -0.2) is 0 Å². The van der Waals surface area contributed by atoms with Crippen LogP contribution in [0.4, 0.5) is 0 Å². The summed E-state index contributed by atoms with van der Waals surface area (Å²) in [5.41, 5.74) is 2.30. The van der Waals surface area contributed by atoms with Gasteiger partial charge < -0.3 is 14.7 Å². The van der Waals surface area contributed by atoms with E-state index in [9.17, 15) is 5.11 Å². The number of aromatic nitrogens is 1. The normalized spacial score (nSPS) is 11.2. The summed E-state index contributed by atoms with van der Waals surface area (Å²) in [6.45, 7) is 3.56. The third kappa shape index (κ3) is 5.54. The smallest absolute Gasteiger partial charge is 0.160 e. The molecule has 23 heavy (non-hydrogen) atoms. The van der Waals surface area contributed by atoms with Crippen LogP contribution in [0.2, 0.25) is 0 Å². The summed E-state index contributed by atoms with van der Waals surface area (Å²) in [6, 6.07) is 9.56. The average molecular weight is 315 g/mol. The summed E-state index contributed by atoms with van der Waals surface area (Å²) in [6.07, 6.45) is 3.69. The Bertz CT molecular complexity index is 602. The summed E-state index contributed by atoms with van der Waals surface area (Å²) in [5.74, 6) is 0.680. The number of likely N-dealkylation sites (N-methyl/N-ethyl adjacent to an activating group) is 1. The third-order valence-electron chi connectivity index (χ3n) is 3.64. The van der Waals surface area contributed by atoms with Crippen LogP contribution in [0, 0.1) is 0 Å². The van der Waals surface area contributed by atoms with Gasteiger partial charge in [-0.15, -0.1) is 0 Å². The van der Waals surface area contributed by atoms with E-state index in [1.165, 1.54) is 5.56 Å². The van der Waals surface area contributed by atoms with Crippen molar-refractivity contribution in [3.8, 4) is 11.5 Å². The number of ether oxygens (including phenoxy) is 1. The topological polar surface area (TPSA) is 48.8 Å². The lowest BCUT2D eigenvalue weighted by molar-refractivity contribution is 0.225. The van der Waals surface area contributed by atoms with Crippen molar-refractivity contribution in [2.45, 2.75) is 13.1 Å². The van der Waals surface area contributed by atoms with E-state index >= 15 is 0 Å². The molecule has 0 aliphatic heterocycles. The van der Waals surface area contributed by atoms with Crippen LogP contribution in [0.15, 0.2) is 42.7 Å². The zero-order valence-corrected chi connectivity index (χ0v) is 14.1. The van der Waals surface area contributed by atoms with Gasteiger partial charge in [0, 0.05) is 38.6 Å². The predicted molar refractivity (Wildman–Crippen MR) is 91.6 cm³/mol. The minimum atomic E-state index is 0.170. The Morgan fingerprint density at radius 2 is 1.87 bits per heavy atom. The van der Waals surface area contributed by atoms with Gasteiger partial charge in [0.2, 0.25) is 0 Å².